The first-order valence-electron chi connectivity index (χ1n) is 11.0. The summed E-state index contributed by atoms with van der Waals surface area (Å²) in [5, 5.41) is 14.9. The van der Waals surface area contributed by atoms with Crippen LogP contribution in [0.1, 0.15) is 18.4 Å². The van der Waals surface area contributed by atoms with Gasteiger partial charge in [0, 0.05) is 44.2 Å². The zero-order valence-electron chi connectivity index (χ0n) is 17.9. The minimum Gasteiger partial charge on any atom is -0.497 e. The molecule has 2 aromatic carbocycles. The van der Waals surface area contributed by atoms with Crippen molar-refractivity contribution in [2.45, 2.75) is 25.5 Å². The molecule has 2 atom stereocenters. The van der Waals surface area contributed by atoms with Crippen LogP contribution in [0.5, 0.6) is 11.5 Å². The Balaban J connectivity index is 1.18. The van der Waals surface area contributed by atoms with Gasteiger partial charge >= 0.3 is 0 Å². The number of ether oxygens (including phenoxy) is 2. The summed E-state index contributed by atoms with van der Waals surface area (Å²) in [6.45, 7) is 4.67. The van der Waals surface area contributed by atoms with Gasteiger partial charge in [0.1, 0.15) is 11.5 Å². The summed E-state index contributed by atoms with van der Waals surface area (Å²) in [6, 6.07) is 14.2. The molecule has 7 nitrogen and oxygen atoms in total. The molecule has 3 aromatic rings. The van der Waals surface area contributed by atoms with E-state index >= 15 is 0 Å². The molecule has 0 radical (unpaired) electrons. The maximum atomic E-state index is 9.44. The summed E-state index contributed by atoms with van der Waals surface area (Å²) >= 11 is 0. The van der Waals surface area contributed by atoms with Crippen LogP contribution >= 0.6 is 0 Å². The van der Waals surface area contributed by atoms with Crippen molar-refractivity contribution in [3.8, 4) is 11.5 Å². The van der Waals surface area contributed by atoms with Crippen molar-refractivity contribution < 1.29 is 19.1 Å². The molecule has 2 aliphatic heterocycles. The highest BCUT2D eigenvalue weighted by atomic mass is 16.5. The fraction of sp³-hybridized carbons (Fsp3) is 0.458. The Kier molecular flexibility index (Phi) is 5.70. The van der Waals surface area contributed by atoms with E-state index in [1.807, 2.05) is 36.4 Å². The molecule has 7 heteroatoms. The number of piperazine rings is 1. The first-order chi connectivity index (χ1) is 15.2. The quantitative estimate of drug-likeness (QED) is 0.652. The number of aliphatic hydroxyl groups excluding tert-OH is 1. The van der Waals surface area contributed by atoms with E-state index in [0.29, 0.717) is 24.3 Å². The minimum atomic E-state index is -0.0241. The number of para-hydroxylation sites is 1. The molecule has 5 rings (SSSR count). The second kappa shape index (κ2) is 8.77. The Morgan fingerprint density at radius 3 is 2.84 bits per heavy atom. The minimum absolute atomic E-state index is 0.0241. The lowest BCUT2D eigenvalue weighted by molar-refractivity contribution is 0.0726. The van der Waals surface area contributed by atoms with Gasteiger partial charge in [0.25, 0.3) is 0 Å². The lowest BCUT2D eigenvalue weighted by atomic mass is 9.91. The summed E-state index contributed by atoms with van der Waals surface area (Å²) in [4.78, 5) is 4.97. The Hall–Kier alpha value is -2.77. The van der Waals surface area contributed by atoms with Crippen molar-refractivity contribution in [3.05, 3.63) is 48.0 Å². The average Bonchev–Trinajstić information content (AvgIpc) is 3.26. The van der Waals surface area contributed by atoms with Gasteiger partial charge in [-0.25, -0.2) is 0 Å². The van der Waals surface area contributed by atoms with Crippen LogP contribution in [0.15, 0.2) is 47.0 Å². The third kappa shape index (κ3) is 4.20. The molecular formula is C24H29N3O4. The number of anilines is 1. The lowest BCUT2D eigenvalue weighted by Crippen LogP contribution is -2.57. The topological polar surface area (TPSA) is 71.2 Å². The van der Waals surface area contributed by atoms with Gasteiger partial charge in [-0.05, 0) is 42.7 Å². The number of aromatic nitrogens is 1. The van der Waals surface area contributed by atoms with Crippen molar-refractivity contribution >= 4 is 16.8 Å². The zero-order chi connectivity index (χ0) is 21.2. The van der Waals surface area contributed by atoms with Crippen LogP contribution < -0.4 is 14.4 Å². The molecule has 0 amide bonds. The van der Waals surface area contributed by atoms with Gasteiger partial charge in [0.2, 0.25) is 0 Å². The first-order valence-corrected chi connectivity index (χ1v) is 11.0. The SMILES string of the molecule is COc1cc(CO)cc(OC[C@@H]2CC[C@H]3CN(c4noc5ccccc45)CCN3C2)c1. The number of hydrogen-bond acceptors (Lipinski definition) is 7. The summed E-state index contributed by atoms with van der Waals surface area (Å²) in [6.07, 6.45) is 2.30. The van der Waals surface area contributed by atoms with Crippen LogP contribution in [-0.2, 0) is 6.61 Å². The van der Waals surface area contributed by atoms with Crippen LogP contribution in [-0.4, -0.2) is 61.1 Å². The molecule has 0 unspecified atom stereocenters. The monoisotopic (exact) mass is 423 g/mol. The second-order valence-electron chi connectivity index (χ2n) is 8.53. The van der Waals surface area contributed by atoms with Crippen LogP contribution in [0.2, 0.25) is 0 Å². The summed E-state index contributed by atoms with van der Waals surface area (Å²) in [5.41, 5.74) is 1.65. The van der Waals surface area contributed by atoms with Gasteiger partial charge < -0.3 is 24.0 Å². The number of methoxy groups -OCH3 is 1. The van der Waals surface area contributed by atoms with Crippen molar-refractivity contribution in [2.75, 3.05) is 44.8 Å². The van der Waals surface area contributed by atoms with Gasteiger partial charge in [-0.2, -0.15) is 0 Å². The van der Waals surface area contributed by atoms with E-state index in [2.05, 4.69) is 21.0 Å². The molecule has 1 aromatic heterocycles. The van der Waals surface area contributed by atoms with Crippen LogP contribution in [0.25, 0.3) is 11.0 Å². The van der Waals surface area contributed by atoms with Gasteiger partial charge in [0.15, 0.2) is 11.4 Å². The van der Waals surface area contributed by atoms with Crippen molar-refractivity contribution in [1.82, 2.24) is 10.1 Å². The number of aliphatic hydroxyl groups is 1. The molecule has 3 heterocycles. The zero-order valence-corrected chi connectivity index (χ0v) is 17.9. The van der Waals surface area contributed by atoms with Gasteiger partial charge in [-0.15, -0.1) is 0 Å². The lowest BCUT2D eigenvalue weighted by Gasteiger charge is -2.46. The predicted molar refractivity (Wildman–Crippen MR) is 119 cm³/mol. The molecule has 2 saturated heterocycles. The van der Waals surface area contributed by atoms with Crippen molar-refractivity contribution in [2.24, 2.45) is 5.92 Å². The number of rotatable bonds is 6. The van der Waals surface area contributed by atoms with E-state index < -0.39 is 0 Å². The predicted octanol–water partition coefficient (Wildman–Crippen LogP) is 3.31. The largest absolute Gasteiger partial charge is 0.497 e. The van der Waals surface area contributed by atoms with Crippen LogP contribution in [0, 0.1) is 5.92 Å². The highest BCUT2D eigenvalue weighted by Gasteiger charge is 2.34. The van der Waals surface area contributed by atoms with Gasteiger partial charge in [-0.1, -0.05) is 17.3 Å². The molecule has 1 N–H and O–H groups in total. The number of fused-ring (bicyclic) bond motifs is 2. The Bertz CT molecular complexity index is 1010. The molecule has 0 aliphatic carbocycles. The molecular weight excluding hydrogens is 394 g/mol. The van der Waals surface area contributed by atoms with E-state index in [0.717, 1.165) is 67.1 Å². The smallest absolute Gasteiger partial charge is 0.180 e. The summed E-state index contributed by atoms with van der Waals surface area (Å²) in [7, 11) is 1.63. The van der Waals surface area contributed by atoms with E-state index in [-0.39, 0.29) is 6.61 Å². The van der Waals surface area contributed by atoms with Crippen molar-refractivity contribution in [1.29, 1.82) is 0 Å². The number of hydrogen-bond donors (Lipinski definition) is 1. The molecule has 31 heavy (non-hydrogen) atoms. The second-order valence-corrected chi connectivity index (χ2v) is 8.53. The molecule has 164 valence electrons. The van der Waals surface area contributed by atoms with Crippen LogP contribution in [0.4, 0.5) is 5.82 Å². The molecule has 0 spiro atoms. The number of nitrogens with zero attached hydrogens (tertiary/aromatic N) is 3. The molecule has 0 saturated carbocycles. The summed E-state index contributed by atoms with van der Waals surface area (Å²) < 4.78 is 16.9. The van der Waals surface area contributed by atoms with Crippen molar-refractivity contribution in [3.63, 3.8) is 0 Å². The third-order valence-electron chi connectivity index (χ3n) is 6.51. The third-order valence-corrected chi connectivity index (χ3v) is 6.51. The fourth-order valence-electron chi connectivity index (χ4n) is 4.82. The highest BCUT2D eigenvalue weighted by molar-refractivity contribution is 5.88. The highest BCUT2D eigenvalue weighted by Crippen LogP contribution is 2.31. The Labute approximate surface area is 182 Å². The molecule has 2 aliphatic rings. The Morgan fingerprint density at radius 1 is 1.10 bits per heavy atom. The van der Waals surface area contributed by atoms with E-state index in [1.54, 1.807) is 7.11 Å². The maximum absolute atomic E-state index is 9.44. The molecule has 0 bridgehead atoms. The van der Waals surface area contributed by atoms with Gasteiger partial charge in [-0.3, -0.25) is 4.90 Å². The van der Waals surface area contributed by atoms with Gasteiger partial charge in [0.05, 0.1) is 25.7 Å². The standard InChI is InChI=1S/C24H29N3O4/c1-29-20-10-18(15-28)11-21(12-20)30-16-17-6-7-19-14-27(9-8-26(19)13-17)24-22-4-2-3-5-23(22)31-25-24/h2-5,10-12,17,19,28H,6-9,13-16H2,1H3/t17-,19+/m1/s1. The maximum Gasteiger partial charge on any atom is 0.180 e. The molecule has 2 fully saturated rings. The van der Waals surface area contributed by atoms with E-state index in [9.17, 15) is 5.11 Å². The number of benzene rings is 2. The summed E-state index contributed by atoms with van der Waals surface area (Å²) in [5.74, 6) is 2.94. The normalized spacial score (nSPS) is 21.8. The average molecular weight is 424 g/mol. The Morgan fingerprint density at radius 2 is 1.97 bits per heavy atom. The van der Waals surface area contributed by atoms with E-state index in [1.165, 1.54) is 0 Å². The van der Waals surface area contributed by atoms with E-state index in [4.69, 9.17) is 14.0 Å². The van der Waals surface area contributed by atoms with Crippen LogP contribution in [0.3, 0.4) is 0 Å². The fourth-order valence-corrected chi connectivity index (χ4v) is 4.82. The first kappa shape index (κ1) is 20.2. The number of piperidine rings is 1.